The first-order valence-corrected chi connectivity index (χ1v) is 9.77. The van der Waals surface area contributed by atoms with E-state index in [0.29, 0.717) is 23.2 Å². The second-order valence-corrected chi connectivity index (χ2v) is 7.40. The Bertz CT molecular complexity index is 1240. The molecule has 0 unspecified atom stereocenters. The van der Waals surface area contributed by atoms with Gasteiger partial charge in [-0.25, -0.2) is 0 Å². The zero-order chi connectivity index (χ0) is 22.9. The topological polar surface area (TPSA) is 82.2 Å². The van der Waals surface area contributed by atoms with E-state index in [4.69, 9.17) is 4.42 Å². The minimum Gasteiger partial charge on any atom is -0.419 e. The molecule has 1 N–H and O–H groups in total. The molecule has 0 spiro atoms. The number of nitrogens with zero attached hydrogens (tertiary/aromatic N) is 3. The van der Waals surface area contributed by atoms with E-state index in [0.717, 1.165) is 23.0 Å². The average Bonchev–Trinajstić information content (AvgIpc) is 3.34. The lowest BCUT2D eigenvalue weighted by Crippen LogP contribution is -2.19. The van der Waals surface area contributed by atoms with Gasteiger partial charge in [-0.2, -0.15) is 0 Å². The number of carbonyl (C=O) groups excluding carboxylic acids is 1. The summed E-state index contributed by atoms with van der Waals surface area (Å²) in [4.78, 5) is 12.7. The van der Waals surface area contributed by atoms with Crippen molar-refractivity contribution in [3.05, 3.63) is 60.5 Å². The highest BCUT2D eigenvalue weighted by atomic mass is 19.4. The summed E-state index contributed by atoms with van der Waals surface area (Å²) in [7, 11) is 0. The number of rotatable bonds is 6. The molecule has 2 aromatic heterocycles. The third kappa shape index (κ3) is 4.74. The molecule has 4 aromatic rings. The summed E-state index contributed by atoms with van der Waals surface area (Å²) >= 11 is 0. The molecule has 2 aromatic carbocycles. The number of fused-ring (bicyclic) bond motifs is 1. The zero-order valence-corrected chi connectivity index (χ0v) is 17.2. The van der Waals surface area contributed by atoms with Gasteiger partial charge in [-0.15, -0.1) is 23.4 Å². The quantitative estimate of drug-likeness (QED) is 0.433. The van der Waals surface area contributed by atoms with Crippen LogP contribution in [0.2, 0.25) is 0 Å². The van der Waals surface area contributed by atoms with Crippen LogP contribution in [-0.4, -0.2) is 27.0 Å². The van der Waals surface area contributed by atoms with Crippen molar-refractivity contribution in [1.82, 2.24) is 14.8 Å². The van der Waals surface area contributed by atoms with Crippen LogP contribution in [0.1, 0.15) is 25.7 Å². The number of halogens is 3. The molecular weight excluding hydrogens is 425 g/mol. The van der Waals surface area contributed by atoms with E-state index in [9.17, 15) is 18.0 Å². The first-order chi connectivity index (χ1) is 15.2. The van der Waals surface area contributed by atoms with Crippen LogP contribution in [0, 0.1) is 0 Å². The van der Waals surface area contributed by atoms with Crippen LogP contribution in [0.15, 0.2) is 59.0 Å². The zero-order valence-electron chi connectivity index (χ0n) is 17.2. The maximum Gasteiger partial charge on any atom is 0.573 e. The molecule has 0 saturated heterocycles. The fraction of sp³-hybridized carbons (Fsp3) is 0.227. The van der Waals surface area contributed by atoms with E-state index < -0.39 is 6.36 Å². The van der Waals surface area contributed by atoms with Gasteiger partial charge in [-0.3, -0.25) is 4.79 Å². The van der Waals surface area contributed by atoms with Gasteiger partial charge in [0, 0.05) is 22.5 Å². The van der Waals surface area contributed by atoms with Crippen LogP contribution in [0.3, 0.4) is 0 Å². The third-order valence-corrected chi connectivity index (χ3v) is 4.64. The Kier molecular flexibility index (Phi) is 5.60. The summed E-state index contributed by atoms with van der Waals surface area (Å²) in [6.07, 6.45) is -4.78. The normalized spacial score (nSPS) is 11.8. The van der Waals surface area contributed by atoms with Crippen molar-refractivity contribution in [2.24, 2.45) is 0 Å². The van der Waals surface area contributed by atoms with Gasteiger partial charge in [0.1, 0.15) is 18.0 Å². The molecule has 1 amide bonds. The molecule has 7 nitrogen and oxygen atoms in total. The van der Waals surface area contributed by atoms with Crippen LogP contribution >= 0.6 is 0 Å². The van der Waals surface area contributed by atoms with E-state index in [2.05, 4.69) is 20.3 Å². The largest absolute Gasteiger partial charge is 0.573 e. The number of aromatic nitrogens is 3. The number of para-hydroxylation sites is 1. The van der Waals surface area contributed by atoms with Gasteiger partial charge in [0.15, 0.2) is 0 Å². The van der Waals surface area contributed by atoms with E-state index in [1.807, 2.05) is 44.2 Å². The molecule has 0 aliphatic rings. The number of carbonyl (C=O) groups is 1. The molecule has 0 bridgehead atoms. The minimum atomic E-state index is -4.78. The van der Waals surface area contributed by atoms with Crippen molar-refractivity contribution in [3.63, 3.8) is 0 Å². The molecule has 4 rings (SSSR count). The number of hydrogen-bond acceptors (Lipinski definition) is 5. The van der Waals surface area contributed by atoms with E-state index in [1.165, 1.54) is 12.1 Å². The molecule has 0 atom stereocenters. The average molecular weight is 444 g/mol. The van der Waals surface area contributed by atoms with Gasteiger partial charge in [0.2, 0.25) is 11.8 Å². The molecule has 0 fully saturated rings. The summed E-state index contributed by atoms with van der Waals surface area (Å²) in [5.41, 5.74) is 1.73. The lowest BCUT2D eigenvalue weighted by atomic mass is 10.2. The lowest BCUT2D eigenvalue weighted by Gasteiger charge is -2.11. The molecule has 0 aliphatic carbocycles. The van der Waals surface area contributed by atoms with Gasteiger partial charge in [0.25, 0.3) is 5.89 Å². The summed E-state index contributed by atoms with van der Waals surface area (Å²) in [6.45, 7) is 3.81. The highest BCUT2D eigenvalue weighted by Crippen LogP contribution is 2.29. The number of alkyl halides is 3. The summed E-state index contributed by atoms with van der Waals surface area (Å²) in [5.74, 6) is 0.0997. The van der Waals surface area contributed by atoms with Crippen molar-refractivity contribution in [2.45, 2.75) is 32.7 Å². The first kappa shape index (κ1) is 21.4. The predicted molar refractivity (Wildman–Crippen MR) is 111 cm³/mol. The van der Waals surface area contributed by atoms with Crippen molar-refractivity contribution < 1.29 is 27.1 Å². The van der Waals surface area contributed by atoms with Crippen molar-refractivity contribution in [2.75, 3.05) is 5.32 Å². The first-order valence-electron chi connectivity index (χ1n) is 9.77. The molecule has 0 saturated carbocycles. The Labute approximate surface area is 180 Å². The van der Waals surface area contributed by atoms with E-state index in [1.54, 1.807) is 4.57 Å². The van der Waals surface area contributed by atoms with Crippen LogP contribution in [0.25, 0.3) is 22.5 Å². The molecule has 166 valence electrons. The molecule has 2 heterocycles. The van der Waals surface area contributed by atoms with Crippen molar-refractivity contribution in [1.29, 1.82) is 0 Å². The summed E-state index contributed by atoms with van der Waals surface area (Å²) < 4.78 is 48.3. The van der Waals surface area contributed by atoms with Crippen LogP contribution in [0.5, 0.6) is 5.75 Å². The lowest BCUT2D eigenvalue weighted by molar-refractivity contribution is -0.274. The molecule has 0 radical (unpaired) electrons. The number of anilines is 1. The Morgan fingerprint density at radius 2 is 1.84 bits per heavy atom. The minimum absolute atomic E-state index is 0.0571. The smallest absolute Gasteiger partial charge is 0.419 e. The molecule has 32 heavy (non-hydrogen) atoms. The maximum atomic E-state index is 12.7. The summed E-state index contributed by atoms with van der Waals surface area (Å²) in [5, 5.41) is 11.8. The van der Waals surface area contributed by atoms with Crippen molar-refractivity contribution in [3.8, 4) is 17.3 Å². The van der Waals surface area contributed by atoms with E-state index in [-0.39, 0.29) is 24.1 Å². The van der Waals surface area contributed by atoms with Gasteiger partial charge in [0.05, 0.1) is 0 Å². The Hall–Kier alpha value is -3.82. The number of ether oxygens (including phenoxy) is 1. The van der Waals surface area contributed by atoms with Crippen LogP contribution < -0.4 is 10.1 Å². The number of amides is 1. The van der Waals surface area contributed by atoms with Crippen LogP contribution in [-0.2, 0) is 11.3 Å². The van der Waals surface area contributed by atoms with E-state index >= 15 is 0 Å². The highest BCUT2D eigenvalue weighted by molar-refractivity contribution is 5.93. The number of hydrogen-bond donors (Lipinski definition) is 1. The molecular formula is C22H19F3N4O3. The van der Waals surface area contributed by atoms with Gasteiger partial charge < -0.3 is 19.0 Å². The third-order valence-electron chi connectivity index (χ3n) is 4.64. The second kappa shape index (κ2) is 8.37. The standard InChI is InChI=1S/C22H19F3N4O3/c1-13(2)20-27-28-21(31-20)18-11-14-5-3-4-6-17(14)29(18)12-19(30)26-15-7-9-16(10-8-15)32-22(23,24)25/h3-11,13H,12H2,1-2H3,(H,26,30). The monoisotopic (exact) mass is 444 g/mol. The Morgan fingerprint density at radius 1 is 1.12 bits per heavy atom. The summed E-state index contributed by atoms with van der Waals surface area (Å²) in [6, 6.07) is 14.3. The SMILES string of the molecule is CC(C)c1nnc(-c2cc3ccccc3n2CC(=O)Nc2ccc(OC(F)(F)F)cc2)o1. The Morgan fingerprint density at radius 3 is 2.50 bits per heavy atom. The fourth-order valence-corrected chi connectivity index (χ4v) is 3.21. The fourth-order valence-electron chi connectivity index (χ4n) is 3.21. The Balaban J connectivity index is 1.57. The predicted octanol–water partition coefficient (Wildman–Crippen LogP) is 5.35. The molecule has 0 aliphatic heterocycles. The second-order valence-electron chi connectivity index (χ2n) is 7.40. The number of nitrogens with one attached hydrogen (secondary N) is 1. The number of benzene rings is 2. The van der Waals surface area contributed by atoms with Crippen LogP contribution in [0.4, 0.5) is 18.9 Å². The van der Waals surface area contributed by atoms with Gasteiger partial charge in [-0.05, 0) is 36.4 Å². The molecule has 10 heteroatoms. The highest BCUT2D eigenvalue weighted by Gasteiger charge is 2.31. The maximum absolute atomic E-state index is 12.7. The van der Waals surface area contributed by atoms with Crippen molar-refractivity contribution >= 4 is 22.5 Å². The van der Waals surface area contributed by atoms with Gasteiger partial charge in [-0.1, -0.05) is 32.0 Å². The van der Waals surface area contributed by atoms with Gasteiger partial charge >= 0.3 is 6.36 Å².